The minimum Gasteiger partial charge on any atom is -0.352 e. The number of hydrogen-bond donors (Lipinski definition) is 1. The molecule has 0 atom stereocenters. The second-order valence-corrected chi connectivity index (χ2v) is 5.42. The van der Waals surface area contributed by atoms with E-state index in [2.05, 4.69) is 10.3 Å². The van der Waals surface area contributed by atoms with E-state index in [1.54, 1.807) is 22.7 Å². The van der Waals surface area contributed by atoms with Crippen LogP contribution >= 0.6 is 11.6 Å². The van der Waals surface area contributed by atoms with Gasteiger partial charge in [0, 0.05) is 30.9 Å². The number of benzene rings is 1. The van der Waals surface area contributed by atoms with Gasteiger partial charge in [-0.15, -0.1) is 0 Å². The molecule has 0 aliphatic heterocycles. The molecule has 1 amide bonds. The first kappa shape index (κ1) is 15.4. The Labute approximate surface area is 135 Å². The van der Waals surface area contributed by atoms with Gasteiger partial charge in [0.25, 0.3) is 5.91 Å². The SMILES string of the molecule is O=C(NCCc1cn2cc(Cl)ccc2n1)c1ccc(F)c(F)c1. The van der Waals surface area contributed by atoms with E-state index < -0.39 is 17.5 Å². The molecule has 3 rings (SSSR count). The van der Waals surface area contributed by atoms with Crippen molar-refractivity contribution in [2.75, 3.05) is 6.54 Å². The number of halogens is 3. The molecule has 0 unspecified atom stereocenters. The topological polar surface area (TPSA) is 46.4 Å². The van der Waals surface area contributed by atoms with Gasteiger partial charge >= 0.3 is 0 Å². The van der Waals surface area contributed by atoms with Crippen LogP contribution in [0.15, 0.2) is 42.7 Å². The zero-order valence-electron chi connectivity index (χ0n) is 11.9. The van der Waals surface area contributed by atoms with E-state index in [1.165, 1.54) is 6.07 Å². The highest BCUT2D eigenvalue weighted by molar-refractivity contribution is 6.30. The minimum atomic E-state index is -1.05. The number of rotatable bonds is 4. The Morgan fingerprint density at radius 2 is 2.00 bits per heavy atom. The lowest BCUT2D eigenvalue weighted by Crippen LogP contribution is -2.25. The summed E-state index contributed by atoms with van der Waals surface area (Å²) in [6, 6.07) is 6.58. The monoisotopic (exact) mass is 335 g/mol. The van der Waals surface area contributed by atoms with Crippen LogP contribution in [0, 0.1) is 11.6 Å². The van der Waals surface area contributed by atoms with Crippen molar-refractivity contribution in [2.24, 2.45) is 0 Å². The van der Waals surface area contributed by atoms with Crippen LogP contribution in [-0.2, 0) is 6.42 Å². The van der Waals surface area contributed by atoms with Crippen molar-refractivity contribution < 1.29 is 13.6 Å². The Morgan fingerprint density at radius 3 is 2.78 bits per heavy atom. The molecule has 1 aromatic carbocycles. The Morgan fingerprint density at radius 1 is 1.17 bits per heavy atom. The number of nitrogens with one attached hydrogen (secondary N) is 1. The molecule has 3 aromatic rings. The third kappa shape index (κ3) is 3.48. The average molecular weight is 336 g/mol. The quantitative estimate of drug-likeness (QED) is 0.795. The van der Waals surface area contributed by atoms with E-state index in [-0.39, 0.29) is 5.56 Å². The maximum atomic E-state index is 13.1. The van der Waals surface area contributed by atoms with Gasteiger partial charge in [0.1, 0.15) is 5.65 Å². The molecule has 23 heavy (non-hydrogen) atoms. The highest BCUT2D eigenvalue weighted by Crippen LogP contribution is 2.12. The van der Waals surface area contributed by atoms with Crippen molar-refractivity contribution in [1.82, 2.24) is 14.7 Å². The van der Waals surface area contributed by atoms with Gasteiger partial charge in [-0.2, -0.15) is 0 Å². The highest BCUT2D eigenvalue weighted by Gasteiger charge is 2.09. The molecule has 0 saturated carbocycles. The lowest BCUT2D eigenvalue weighted by atomic mass is 10.2. The van der Waals surface area contributed by atoms with Crippen LogP contribution in [-0.4, -0.2) is 21.8 Å². The lowest BCUT2D eigenvalue weighted by Gasteiger charge is -2.04. The summed E-state index contributed by atoms with van der Waals surface area (Å²) in [6.07, 6.45) is 4.08. The first-order valence-electron chi connectivity index (χ1n) is 6.89. The number of amides is 1. The maximum absolute atomic E-state index is 13.1. The molecule has 0 fully saturated rings. The standard InChI is InChI=1S/C16H12ClF2N3O/c17-11-2-4-15-21-12(9-22(15)8-11)5-6-20-16(23)10-1-3-13(18)14(19)7-10/h1-4,7-9H,5-6H2,(H,20,23). The van der Waals surface area contributed by atoms with Crippen LogP contribution in [0.25, 0.3) is 5.65 Å². The molecule has 118 valence electrons. The number of fused-ring (bicyclic) bond motifs is 1. The summed E-state index contributed by atoms with van der Waals surface area (Å²) in [6.45, 7) is 0.329. The number of hydrogen-bond acceptors (Lipinski definition) is 2. The second kappa shape index (κ2) is 6.34. The van der Waals surface area contributed by atoms with Crippen LogP contribution < -0.4 is 5.32 Å². The van der Waals surface area contributed by atoms with Crippen LogP contribution in [0.3, 0.4) is 0 Å². The Bertz CT molecular complexity index is 879. The summed E-state index contributed by atoms with van der Waals surface area (Å²) in [5, 5.41) is 3.25. The number of carbonyl (C=O) groups is 1. The summed E-state index contributed by atoms with van der Waals surface area (Å²) < 4.78 is 27.7. The molecule has 4 nitrogen and oxygen atoms in total. The predicted molar refractivity (Wildman–Crippen MR) is 82.6 cm³/mol. The van der Waals surface area contributed by atoms with Crippen molar-refractivity contribution in [3.05, 3.63) is 70.6 Å². The summed E-state index contributed by atoms with van der Waals surface area (Å²) in [7, 11) is 0. The number of nitrogens with zero attached hydrogens (tertiary/aromatic N) is 2. The van der Waals surface area contributed by atoms with E-state index in [4.69, 9.17) is 11.6 Å². The molecular formula is C16H12ClF2N3O. The third-order valence-corrected chi connectivity index (χ3v) is 3.54. The number of pyridine rings is 1. The largest absolute Gasteiger partial charge is 0.352 e. The van der Waals surface area contributed by atoms with Crippen molar-refractivity contribution in [3.63, 3.8) is 0 Å². The van der Waals surface area contributed by atoms with E-state index in [9.17, 15) is 13.6 Å². The van der Waals surface area contributed by atoms with E-state index >= 15 is 0 Å². The van der Waals surface area contributed by atoms with Gasteiger partial charge in [-0.05, 0) is 30.3 Å². The van der Waals surface area contributed by atoms with Gasteiger partial charge in [-0.1, -0.05) is 11.6 Å². The number of imidazole rings is 1. The molecule has 0 bridgehead atoms. The molecule has 0 saturated heterocycles. The smallest absolute Gasteiger partial charge is 0.251 e. The Hall–Kier alpha value is -2.47. The van der Waals surface area contributed by atoms with Gasteiger partial charge in [-0.25, -0.2) is 13.8 Å². The predicted octanol–water partition coefficient (Wildman–Crippen LogP) is 3.24. The molecule has 0 aliphatic rings. The van der Waals surface area contributed by atoms with Crippen molar-refractivity contribution in [2.45, 2.75) is 6.42 Å². The molecule has 1 N–H and O–H groups in total. The fourth-order valence-corrected chi connectivity index (χ4v) is 2.35. The molecule has 0 aliphatic carbocycles. The molecular weight excluding hydrogens is 324 g/mol. The zero-order chi connectivity index (χ0) is 16.4. The van der Waals surface area contributed by atoms with E-state index in [0.717, 1.165) is 23.5 Å². The lowest BCUT2D eigenvalue weighted by molar-refractivity contribution is 0.0953. The van der Waals surface area contributed by atoms with Crippen molar-refractivity contribution >= 4 is 23.2 Å². The summed E-state index contributed by atoms with van der Waals surface area (Å²) >= 11 is 5.90. The number of aromatic nitrogens is 2. The van der Waals surface area contributed by atoms with Crippen molar-refractivity contribution in [3.8, 4) is 0 Å². The molecule has 0 radical (unpaired) electrons. The van der Waals surface area contributed by atoms with Gasteiger partial charge in [-0.3, -0.25) is 4.79 Å². The second-order valence-electron chi connectivity index (χ2n) is 4.98. The van der Waals surface area contributed by atoms with Crippen LogP contribution in [0.1, 0.15) is 16.1 Å². The molecule has 2 heterocycles. The summed E-state index contributed by atoms with van der Waals surface area (Å²) in [5.41, 5.74) is 1.62. The Kier molecular flexibility index (Phi) is 4.25. The highest BCUT2D eigenvalue weighted by atomic mass is 35.5. The summed E-state index contributed by atoms with van der Waals surface area (Å²) in [4.78, 5) is 16.3. The maximum Gasteiger partial charge on any atom is 0.251 e. The fraction of sp³-hybridized carbons (Fsp3) is 0.125. The third-order valence-electron chi connectivity index (χ3n) is 3.31. The van der Waals surface area contributed by atoms with Crippen LogP contribution in [0.5, 0.6) is 0 Å². The van der Waals surface area contributed by atoms with Gasteiger partial charge in [0.05, 0.1) is 10.7 Å². The van der Waals surface area contributed by atoms with Gasteiger partial charge < -0.3 is 9.72 Å². The molecule has 0 spiro atoms. The zero-order valence-corrected chi connectivity index (χ0v) is 12.6. The van der Waals surface area contributed by atoms with Crippen LogP contribution in [0.4, 0.5) is 8.78 Å². The van der Waals surface area contributed by atoms with Gasteiger partial charge in [0.2, 0.25) is 0 Å². The number of carbonyl (C=O) groups excluding carboxylic acids is 1. The first-order valence-corrected chi connectivity index (χ1v) is 7.27. The first-order chi connectivity index (χ1) is 11.0. The molecule has 2 aromatic heterocycles. The summed E-state index contributed by atoms with van der Waals surface area (Å²) in [5.74, 6) is -2.49. The van der Waals surface area contributed by atoms with E-state index in [1.807, 2.05) is 6.20 Å². The fourth-order valence-electron chi connectivity index (χ4n) is 2.18. The average Bonchev–Trinajstić information content (AvgIpc) is 2.91. The van der Waals surface area contributed by atoms with Crippen molar-refractivity contribution in [1.29, 1.82) is 0 Å². The molecule has 7 heteroatoms. The van der Waals surface area contributed by atoms with E-state index in [0.29, 0.717) is 18.0 Å². The minimum absolute atomic E-state index is 0.0747. The van der Waals surface area contributed by atoms with Crippen LogP contribution in [0.2, 0.25) is 5.02 Å². The van der Waals surface area contributed by atoms with Gasteiger partial charge in [0.15, 0.2) is 11.6 Å². The Balaban J connectivity index is 1.61. The normalized spacial score (nSPS) is 10.9.